The van der Waals surface area contributed by atoms with Gasteiger partial charge in [-0.1, -0.05) is 35.5 Å². The van der Waals surface area contributed by atoms with E-state index in [9.17, 15) is 9.18 Å². The Labute approximate surface area is 197 Å². The van der Waals surface area contributed by atoms with Gasteiger partial charge < -0.3 is 9.47 Å². The van der Waals surface area contributed by atoms with Gasteiger partial charge in [0.15, 0.2) is 16.8 Å². The highest BCUT2D eigenvalue weighted by atomic mass is 35.5. The Kier molecular flexibility index (Phi) is 7.09. The van der Waals surface area contributed by atoms with Crippen LogP contribution in [0.4, 0.5) is 4.39 Å². The third-order valence-electron chi connectivity index (χ3n) is 4.40. The summed E-state index contributed by atoms with van der Waals surface area (Å²) in [6, 6.07) is 16.8. The molecule has 2 aromatic carbocycles. The highest BCUT2D eigenvalue weighted by molar-refractivity contribution is 7.99. The van der Waals surface area contributed by atoms with Crippen molar-refractivity contribution < 1.29 is 18.7 Å². The number of carbonyl (C=O) groups is 1. The van der Waals surface area contributed by atoms with Gasteiger partial charge in [0.05, 0.1) is 27.8 Å². The standard InChI is InChI=1S/C22H17ClFN3O3S2/c1-29-14-6-8-15(9-7-14)30-12-21-25-26-22(27(21)17-5-3-2-4-16(17)24)31-13-18(28)19-10-11-20(23)32-19/h2-11H,12-13H2,1H3. The van der Waals surface area contributed by atoms with Crippen molar-refractivity contribution in [3.8, 4) is 17.2 Å². The third kappa shape index (κ3) is 5.12. The third-order valence-corrected chi connectivity index (χ3v) is 6.60. The predicted molar refractivity (Wildman–Crippen MR) is 123 cm³/mol. The van der Waals surface area contributed by atoms with Gasteiger partial charge in [0.1, 0.15) is 23.9 Å². The molecule has 4 rings (SSSR count). The molecule has 0 saturated carbocycles. The van der Waals surface area contributed by atoms with E-state index in [-0.39, 0.29) is 23.8 Å². The summed E-state index contributed by atoms with van der Waals surface area (Å²) < 4.78 is 27.7. The summed E-state index contributed by atoms with van der Waals surface area (Å²) in [4.78, 5) is 13.0. The number of halogens is 2. The molecule has 164 valence electrons. The van der Waals surface area contributed by atoms with Gasteiger partial charge >= 0.3 is 0 Å². The van der Waals surface area contributed by atoms with Crippen molar-refractivity contribution in [2.45, 2.75) is 11.8 Å². The summed E-state index contributed by atoms with van der Waals surface area (Å²) in [5, 5.41) is 8.75. The fourth-order valence-electron chi connectivity index (χ4n) is 2.85. The molecule has 0 saturated heterocycles. The molecule has 0 fully saturated rings. The first-order chi connectivity index (χ1) is 15.5. The second-order valence-electron chi connectivity index (χ2n) is 6.47. The Morgan fingerprint density at radius 3 is 2.53 bits per heavy atom. The van der Waals surface area contributed by atoms with Gasteiger partial charge in [0, 0.05) is 0 Å². The molecule has 0 spiro atoms. The van der Waals surface area contributed by atoms with Crippen molar-refractivity contribution in [2.24, 2.45) is 0 Å². The van der Waals surface area contributed by atoms with Gasteiger partial charge in [-0.25, -0.2) is 4.39 Å². The van der Waals surface area contributed by atoms with E-state index in [4.69, 9.17) is 21.1 Å². The minimum absolute atomic E-state index is 0.0582. The number of Topliss-reactive ketones (excluding diaryl/α,β-unsaturated/α-hetero) is 1. The normalized spacial score (nSPS) is 10.8. The summed E-state index contributed by atoms with van der Waals surface area (Å²) >= 11 is 8.31. The maximum Gasteiger partial charge on any atom is 0.196 e. The van der Waals surface area contributed by atoms with Gasteiger partial charge in [0.2, 0.25) is 0 Å². The van der Waals surface area contributed by atoms with Crippen LogP contribution in [-0.2, 0) is 6.61 Å². The summed E-state index contributed by atoms with van der Waals surface area (Å²) in [7, 11) is 1.59. The molecule has 10 heteroatoms. The molecule has 0 aliphatic heterocycles. The first-order valence-electron chi connectivity index (χ1n) is 9.42. The van der Waals surface area contributed by atoms with Crippen molar-refractivity contribution in [1.29, 1.82) is 0 Å². The quantitative estimate of drug-likeness (QED) is 0.222. The summed E-state index contributed by atoms with van der Waals surface area (Å²) in [6.07, 6.45) is 0. The maximum atomic E-state index is 14.6. The first kappa shape index (κ1) is 22.3. The lowest BCUT2D eigenvalue weighted by atomic mass is 10.3. The molecule has 2 aromatic heterocycles. The summed E-state index contributed by atoms with van der Waals surface area (Å²) in [5.74, 6) is 1.31. The summed E-state index contributed by atoms with van der Waals surface area (Å²) in [5.41, 5.74) is 0.278. The minimum Gasteiger partial charge on any atom is -0.497 e. The zero-order valence-corrected chi connectivity index (χ0v) is 19.2. The molecule has 2 heterocycles. The van der Waals surface area contributed by atoms with Crippen molar-refractivity contribution in [2.75, 3.05) is 12.9 Å². The first-order valence-corrected chi connectivity index (χ1v) is 11.6. The highest BCUT2D eigenvalue weighted by Gasteiger charge is 2.19. The zero-order valence-electron chi connectivity index (χ0n) is 16.8. The van der Waals surface area contributed by atoms with Crippen molar-refractivity contribution in [3.63, 3.8) is 0 Å². The number of thioether (sulfide) groups is 1. The van der Waals surface area contributed by atoms with Crippen molar-refractivity contribution in [1.82, 2.24) is 14.8 Å². The molecule has 32 heavy (non-hydrogen) atoms. The number of para-hydroxylation sites is 1. The van der Waals surface area contributed by atoms with Crippen LogP contribution in [0.15, 0.2) is 65.8 Å². The van der Waals surface area contributed by atoms with E-state index in [0.29, 0.717) is 31.7 Å². The number of aromatic nitrogens is 3. The van der Waals surface area contributed by atoms with Crippen LogP contribution in [0.2, 0.25) is 4.34 Å². The largest absolute Gasteiger partial charge is 0.497 e. The Bertz CT molecular complexity index is 1230. The molecule has 4 aromatic rings. The Hall–Kier alpha value is -2.88. The number of hydrogen-bond donors (Lipinski definition) is 0. The van der Waals surface area contributed by atoms with E-state index < -0.39 is 5.82 Å². The number of benzene rings is 2. The smallest absolute Gasteiger partial charge is 0.196 e. The number of nitrogens with zero attached hydrogens (tertiary/aromatic N) is 3. The molecule has 0 radical (unpaired) electrons. The van der Waals surface area contributed by atoms with Crippen LogP contribution in [0, 0.1) is 5.82 Å². The number of carbonyl (C=O) groups excluding carboxylic acids is 1. The van der Waals surface area contributed by atoms with Gasteiger partial charge in [-0.15, -0.1) is 21.5 Å². The van der Waals surface area contributed by atoms with Crippen LogP contribution < -0.4 is 9.47 Å². The van der Waals surface area contributed by atoms with Crippen LogP contribution in [0.5, 0.6) is 11.5 Å². The number of ketones is 1. The van der Waals surface area contributed by atoms with Crippen LogP contribution in [0.3, 0.4) is 0 Å². The fraction of sp³-hybridized carbons (Fsp3) is 0.136. The second-order valence-corrected chi connectivity index (χ2v) is 9.12. The van der Waals surface area contributed by atoms with E-state index in [0.717, 1.165) is 0 Å². The zero-order chi connectivity index (χ0) is 22.5. The van der Waals surface area contributed by atoms with Gasteiger partial charge in [0.25, 0.3) is 0 Å². The minimum atomic E-state index is -0.434. The Balaban J connectivity index is 1.56. The molecule has 0 N–H and O–H groups in total. The van der Waals surface area contributed by atoms with Crippen LogP contribution in [0.1, 0.15) is 15.5 Å². The summed E-state index contributed by atoms with van der Waals surface area (Å²) in [6.45, 7) is 0.0582. The van der Waals surface area contributed by atoms with Gasteiger partial charge in [-0.05, 0) is 48.5 Å². The molecule has 0 bridgehead atoms. The fourth-order valence-corrected chi connectivity index (χ4v) is 4.77. The number of thiophene rings is 1. The number of hydrogen-bond acceptors (Lipinski definition) is 7. The highest BCUT2D eigenvalue weighted by Crippen LogP contribution is 2.28. The Morgan fingerprint density at radius 1 is 1.09 bits per heavy atom. The average Bonchev–Trinajstić information content (AvgIpc) is 3.43. The topological polar surface area (TPSA) is 66.2 Å². The maximum absolute atomic E-state index is 14.6. The molecule has 0 unspecified atom stereocenters. The SMILES string of the molecule is COc1ccc(OCc2nnc(SCC(=O)c3ccc(Cl)s3)n2-c2ccccc2F)cc1. The van der Waals surface area contributed by atoms with Crippen molar-refractivity contribution in [3.05, 3.63) is 81.5 Å². The Morgan fingerprint density at radius 2 is 1.84 bits per heavy atom. The van der Waals surface area contributed by atoms with Crippen molar-refractivity contribution >= 4 is 40.5 Å². The van der Waals surface area contributed by atoms with E-state index in [1.807, 2.05) is 0 Å². The molecular weight excluding hydrogens is 473 g/mol. The molecule has 0 aliphatic rings. The predicted octanol–water partition coefficient (Wildman–Crippen LogP) is 5.68. The number of ether oxygens (including phenoxy) is 2. The lowest BCUT2D eigenvalue weighted by molar-refractivity contribution is 0.102. The number of rotatable bonds is 9. The molecule has 0 amide bonds. The van der Waals surface area contributed by atoms with Crippen LogP contribution in [0.25, 0.3) is 5.69 Å². The van der Waals surface area contributed by atoms with Gasteiger partial charge in [-0.2, -0.15) is 0 Å². The monoisotopic (exact) mass is 489 g/mol. The molecule has 0 atom stereocenters. The van der Waals surface area contributed by atoms with E-state index in [1.54, 1.807) is 66.3 Å². The molecular formula is C22H17ClFN3O3S2. The van der Waals surface area contributed by atoms with E-state index in [2.05, 4.69) is 10.2 Å². The van der Waals surface area contributed by atoms with Crippen LogP contribution in [-0.4, -0.2) is 33.4 Å². The average molecular weight is 490 g/mol. The molecule has 0 aliphatic carbocycles. The van der Waals surface area contributed by atoms with E-state index >= 15 is 0 Å². The van der Waals surface area contributed by atoms with Crippen LogP contribution >= 0.6 is 34.7 Å². The lowest BCUT2D eigenvalue weighted by Crippen LogP contribution is -2.09. The number of methoxy groups -OCH3 is 1. The molecule has 6 nitrogen and oxygen atoms in total. The lowest BCUT2D eigenvalue weighted by Gasteiger charge is -2.12. The van der Waals surface area contributed by atoms with E-state index in [1.165, 1.54) is 29.2 Å². The second kappa shape index (κ2) is 10.2. The van der Waals surface area contributed by atoms with Gasteiger partial charge in [-0.3, -0.25) is 9.36 Å².